The van der Waals surface area contributed by atoms with E-state index in [1.165, 1.54) is 0 Å². The average Bonchev–Trinajstić information content (AvgIpc) is 2.71. The maximum atomic E-state index is 12.6. The molecular formula is C23H22N2O2. The lowest BCUT2D eigenvalue weighted by Gasteiger charge is -2.09. The standard InChI is InChI=1S/C23H22N2O2/c1-2-27-21-15-13-20(14-16-21)25-23(26)17-22(18-9-5-3-6-10-18)24-19-11-7-4-8-12-19/h3-16H,2,17H2,1H3,(H,25,26). The molecule has 136 valence electrons. The molecule has 1 N–H and O–H groups in total. The number of hydrogen-bond donors (Lipinski definition) is 1. The van der Waals surface area contributed by atoms with Gasteiger partial charge in [0.2, 0.25) is 5.91 Å². The van der Waals surface area contributed by atoms with E-state index in [4.69, 9.17) is 4.74 Å². The Morgan fingerprint density at radius 3 is 2.15 bits per heavy atom. The van der Waals surface area contributed by atoms with Crippen LogP contribution in [0.3, 0.4) is 0 Å². The first-order valence-electron chi connectivity index (χ1n) is 8.95. The summed E-state index contributed by atoms with van der Waals surface area (Å²) in [5, 5.41) is 2.92. The van der Waals surface area contributed by atoms with Crippen LogP contribution in [0.5, 0.6) is 5.75 Å². The van der Waals surface area contributed by atoms with Crippen molar-refractivity contribution >= 4 is 23.0 Å². The van der Waals surface area contributed by atoms with Gasteiger partial charge in [-0.25, -0.2) is 0 Å². The number of nitrogens with one attached hydrogen (secondary N) is 1. The van der Waals surface area contributed by atoms with Crippen LogP contribution in [0.4, 0.5) is 11.4 Å². The largest absolute Gasteiger partial charge is 0.494 e. The first-order chi connectivity index (χ1) is 13.2. The van der Waals surface area contributed by atoms with Crippen molar-refractivity contribution in [2.45, 2.75) is 13.3 Å². The Kier molecular flexibility index (Phi) is 6.36. The molecule has 4 nitrogen and oxygen atoms in total. The molecule has 3 rings (SSSR count). The number of benzene rings is 3. The van der Waals surface area contributed by atoms with Gasteiger partial charge < -0.3 is 10.1 Å². The number of ether oxygens (including phenoxy) is 1. The minimum absolute atomic E-state index is 0.113. The zero-order chi connectivity index (χ0) is 18.9. The van der Waals surface area contributed by atoms with Crippen molar-refractivity contribution in [1.82, 2.24) is 0 Å². The predicted octanol–water partition coefficient (Wildman–Crippen LogP) is 5.23. The highest BCUT2D eigenvalue weighted by Gasteiger charge is 2.11. The fourth-order valence-electron chi connectivity index (χ4n) is 2.65. The highest BCUT2D eigenvalue weighted by Crippen LogP contribution is 2.18. The average molecular weight is 358 g/mol. The zero-order valence-electron chi connectivity index (χ0n) is 15.3. The van der Waals surface area contributed by atoms with Gasteiger partial charge in [0, 0.05) is 5.69 Å². The third kappa shape index (κ3) is 5.54. The fraction of sp³-hybridized carbons (Fsp3) is 0.130. The van der Waals surface area contributed by atoms with E-state index < -0.39 is 0 Å². The van der Waals surface area contributed by atoms with Crippen LogP contribution in [0, 0.1) is 0 Å². The summed E-state index contributed by atoms with van der Waals surface area (Å²) in [7, 11) is 0. The fourth-order valence-corrected chi connectivity index (χ4v) is 2.65. The van der Waals surface area contributed by atoms with Crippen molar-refractivity contribution in [3.8, 4) is 5.75 Å². The van der Waals surface area contributed by atoms with Crippen molar-refractivity contribution in [3.05, 3.63) is 90.5 Å². The Hall–Kier alpha value is -3.40. The number of carbonyl (C=O) groups is 1. The number of nitrogens with zero attached hydrogens (tertiary/aromatic N) is 1. The lowest BCUT2D eigenvalue weighted by Crippen LogP contribution is -2.17. The molecule has 0 unspecified atom stereocenters. The molecule has 0 atom stereocenters. The van der Waals surface area contributed by atoms with Gasteiger partial charge >= 0.3 is 0 Å². The summed E-state index contributed by atoms with van der Waals surface area (Å²) < 4.78 is 5.42. The van der Waals surface area contributed by atoms with E-state index >= 15 is 0 Å². The summed E-state index contributed by atoms with van der Waals surface area (Å²) in [4.78, 5) is 17.3. The highest BCUT2D eigenvalue weighted by atomic mass is 16.5. The summed E-state index contributed by atoms with van der Waals surface area (Å²) in [6.45, 7) is 2.55. The Morgan fingerprint density at radius 2 is 1.52 bits per heavy atom. The lowest BCUT2D eigenvalue weighted by molar-refractivity contribution is -0.115. The van der Waals surface area contributed by atoms with Crippen LogP contribution in [0.15, 0.2) is 89.9 Å². The van der Waals surface area contributed by atoms with E-state index in [1.54, 1.807) is 0 Å². The molecule has 0 aliphatic carbocycles. The van der Waals surface area contributed by atoms with E-state index in [9.17, 15) is 4.79 Å². The normalized spacial score (nSPS) is 11.1. The van der Waals surface area contributed by atoms with Gasteiger partial charge in [-0.1, -0.05) is 48.5 Å². The van der Waals surface area contributed by atoms with Gasteiger partial charge in [0.1, 0.15) is 5.75 Å². The maximum absolute atomic E-state index is 12.6. The second-order valence-corrected chi connectivity index (χ2v) is 5.94. The molecule has 3 aromatic rings. The second kappa shape index (κ2) is 9.34. The van der Waals surface area contributed by atoms with Crippen LogP contribution < -0.4 is 10.1 Å². The van der Waals surface area contributed by atoms with E-state index in [1.807, 2.05) is 91.9 Å². The monoisotopic (exact) mass is 358 g/mol. The third-order valence-corrected chi connectivity index (χ3v) is 3.90. The minimum atomic E-state index is -0.113. The number of carbonyl (C=O) groups excluding carboxylic acids is 1. The Bertz CT molecular complexity index is 889. The van der Waals surface area contributed by atoms with E-state index in [2.05, 4.69) is 10.3 Å². The molecule has 0 saturated heterocycles. The summed E-state index contributed by atoms with van der Waals surface area (Å²) >= 11 is 0. The first-order valence-corrected chi connectivity index (χ1v) is 8.95. The maximum Gasteiger partial charge on any atom is 0.230 e. The molecule has 0 aliphatic heterocycles. The second-order valence-electron chi connectivity index (χ2n) is 5.94. The Labute approximate surface area is 159 Å². The molecule has 0 aromatic heterocycles. The van der Waals surface area contributed by atoms with Gasteiger partial charge in [0.05, 0.1) is 24.4 Å². The number of para-hydroxylation sites is 1. The molecule has 1 amide bonds. The topological polar surface area (TPSA) is 50.7 Å². The summed E-state index contributed by atoms with van der Waals surface area (Å²) in [6, 6.07) is 26.8. The van der Waals surface area contributed by atoms with Crippen molar-refractivity contribution in [1.29, 1.82) is 0 Å². The quantitative estimate of drug-likeness (QED) is 0.588. The first kappa shape index (κ1) is 18.4. The summed E-state index contributed by atoms with van der Waals surface area (Å²) in [5.41, 5.74) is 3.22. The molecule has 4 heteroatoms. The summed E-state index contributed by atoms with van der Waals surface area (Å²) in [6.07, 6.45) is 0.187. The van der Waals surface area contributed by atoms with Gasteiger partial charge in [-0.2, -0.15) is 0 Å². The van der Waals surface area contributed by atoms with Crippen LogP contribution in [0.25, 0.3) is 0 Å². The molecule has 0 fully saturated rings. The predicted molar refractivity (Wildman–Crippen MR) is 110 cm³/mol. The number of aliphatic imine (C=N–C) groups is 1. The molecule has 0 bridgehead atoms. The molecular weight excluding hydrogens is 336 g/mol. The molecule has 0 aliphatic rings. The van der Waals surface area contributed by atoms with Crippen LogP contribution >= 0.6 is 0 Å². The van der Waals surface area contributed by atoms with Crippen LogP contribution in [-0.4, -0.2) is 18.2 Å². The molecule has 0 saturated carbocycles. The van der Waals surface area contributed by atoms with E-state index in [-0.39, 0.29) is 12.3 Å². The van der Waals surface area contributed by atoms with Gasteiger partial charge in [0.15, 0.2) is 0 Å². The number of hydrogen-bond acceptors (Lipinski definition) is 3. The number of anilines is 1. The molecule has 3 aromatic carbocycles. The molecule has 0 radical (unpaired) electrons. The van der Waals surface area contributed by atoms with Gasteiger partial charge in [-0.15, -0.1) is 0 Å². The van der Waals surface area contributed by atoms with Crippen LogP contribution in [-0.2, 0) is 4.79 Å². The molecule has 27 heavy (non-hydrogen) atoms. The minimum Gasteiger partial charge on any atom is -0.494 e. The van der Waals surface area contributed by atoms with Crippen molar-refractivity contribution in [2.24, 2.45) is 4.99 Å². The summed E-state index contributed by atoms with van der Waals surface area (Å²) in [5.74, 6) is 0.670. The smallest absolute Gasteiger partial charge is 0.230 e. The van der Waals surface area contributed by atoms with Gasteiger partial charge in [-0.05, 0) is 48.9 Å². The van der Waals surface area contributed by atoms with E-state index in [0.29, 0.717) is 6.61 Å². The SMILES string of the molecule is CCOc1ccc(NC(=O)CC(=Nc2ccccc2)c2ccccc2)cc1. The number of amides is 1. The van der Waals surface area contributed by atoms with Crippen molar-refractivity contribution < 1.29 is 9.53 Å². The Morgan fingerprint density at radius 1 is 0.889 bits per heavy atom. The third-order valence-electron chi connectivity index (χ3n) is 3.90. The molecule has 0 spiro atoms. The van der Waals surface area contributed by atoms with Crippen molar-refractivity contribution in [2.75, 3.05) is 11.9 Å². The Balaban J connectivity index is 1.75. The van der Waals surface area contributed by atoms with Crippen LogP contribution in [0.2, 0.25) is 0 Å². The van der Waals surface area contributed by atoms with Crippen molar-refractivity contribution in [3.63, 3.8) is 0 Å². The van der Waals surface area contributed by atoms with Gasteiger partial charge in [-0.3, -0.25) is 9.79 Å². The molecule has 0 heterocycles. The zero-order valence-corrected chi connectivity index (χ0v) is 15.3. The van der Waals surface area contributed by atoms with Gasteiger partial charge in [0.25, 0.3) is 0 Å². The lowest BCUT2D eigenvalue weighted by atomic mass is 10.1. The highest BCUT2D eigenvalue weighted by molar-refractivity contribution is 6.14. The number of rotatable bonds is 7. The van der Waals surface area contributed by atoms with E-state index in [0.717, 1.165) is 28.4 Å². The van der Waals surface area contributed by atoms with Crippen LogP contribution in [0.1, 0.15) is 18.9 Å².